The highest BCUT2D eigenvalue weighted by atomic mass is 16.1. The molecule has 0 unspecified atom stereocenters. The Bertz CT molecular complexity index is 773. The van der Waals surface area contributed by atoms with Crippen LogP contribution in [-0.2, 0) is 4.79 Å². The average molecular weight is 369 g/mol. The molecule has 0 atom stereocenters. The molecule has 0 aliphatic carbocycles. The maximum Gasteiger partial charge on any atom is 0.267 e. The number of likely N-dealkylation sites (tertiary alicyclic amines) is 1. The quantitative estimate of drug-likeness (QED) is 0.625. The van der Waals surface area contributed by atoms with Crippen LogP contribution in [0.1, 0.15) is 57.2 Å². The van der Waals surface area contributed by atoms with Crippen molar-refractivity contribution in [1.82, 2.24) is 4.90 Å². The number of carbonyl (C=O) groups is 1. The molecule has 0 radical (unpaired) electrons. The molecule has 27 heavy (non-hydrogen) atoms. The molecule has 1 saturated heterocycles. The molecule has 5 heteroatoms. The van der Waals surface area contributed by atoms with Crippen LogP contribution in [0.25, 0.3) is 0 Å². The van der Waals surface area contributed by atoms with Gasteiger partial charge in [-0.2, -0.15) is 5.26 Å². The average Bonchev–Trinajstić information content (AvgIpc) is 2.48. The topological polar surface area (TPSA) is 82.2 Å². The van der Waals surface area contributed by atoms with Crippen LogP contribution in [0.2, 0.25) is 0 Å². The number of nitrogens with two attached hydrogens (primary N) is 1. The van der Waals surface area contributed by atoms with E-state index in [-0.39, 0.29) is 28.6 Å². The third-order valence-electron chi connectivity index (χ3n) is 5.37. The summed E-state index contributed by atoms with van der Waals surface area (Å²) in [6.45, 7) is 14.4. The van der Waals surface area contributed by atoms with Crippen molar-refractivity contribution in [1.29, 1.82) is 5.26 Å². The molecule has 1 amide bonds. The Balaban J connectivity index is 2.36. The van der Waals surface area contributed by atoms with Crippen molar-refractivity contribution in [3.8, 4) is 6.07 Å². The fraction of sp³-hybridized carbons (Fsp3) is 0.545. The first-order valence-electron chi connectivity index (χ1n) is 9.43. The molecule has 1 aromatic rings. The summed E-state index contributed by atoms with van der Waals surface area (Å²) < 4.78 is 0. The largest absolute Gasteiger partial charge is 0.366 e. The lowest BCUT2D eigenvalue weighted by Crippen LogP contribution is -2.61. The SMILES string of the molecule is Cc1cc(C)c(NC(=O)/C(C#N)=C\N2C(C)(C)CC(N)CC2(C)C)c(C)c1. The molecule has 1 heterocycles. The van der Waals surface area contributed by atoms with Gasteiger partial charge in [0.25, 0.3) is 5.91 Å². The number of nitrogens with zero attached hydrogens (tertiary/aromatic N) is 2. The van der Waals surface area contributed by atoms with Gasteiger partial charge in [0.05, 0.1) is 0 Å². The van der Waals surface area contributed by atoms with Gasteiger partial charge in [-0.3, -0.25) is 4.79 Å². The summed E-state index contributed by atoms with van der Waals surface area (Å²) in [7, 11) is 0. The van der Waals surface area contributed by atoms with Crippen LogP contribution in [0.5, 0.6) is 0 Å². The van der Waals surface area contributed by atoms with Crippen LogP contribution in [-0.4, -0.2) is 27.9 Å². The summed E-state index contributed by atoms with van der Waals surface area (Å²) >= 11 is 0. The first-order chi connectivity index (χ1) is 12.4. The normalized spacial score (nSPS) is 19.5. The lowest BCUT2D eigenvalue weighted by atomic mass is 9.77. The fourth-order valence-electron chi connectivity index (χ4n) is 4.55. The van der Waals surface area contributed by atoms with Crippen LogP contribution >= 0.6 is 0 Å². The molecule has 3 N–H and O–H groups in total. The van der Waals surface area contributed by atoms with Gasteiger partial charge in [0.15, 0.2) is 0 Å². The minimum absolute atomic E-state index is 0.103. The summed E-state index contributed by atoms with van der Waals surface area (Å²) in [5.74, 6) is -0.381. The Morgan fingerprint density at radius 2 is 1.67 bits per heavy atom. The van der Waals surface area contributed by atoms with Crippen molar-refractivity contribution < 1.29 is 4.79 Å². The van der Waals surface area contributed by atoms with E-state index in [1.165, 1.54) is 0 Å². The van der Waals surface area contributed by atoms with Crippen LogP contribution in [0.15, 0.2) is 23.9 Å². The van der Waals surface area contributed by atoms with E-state index in [1.54, 1.807) is 6.20 Å². The Labute approximate surface area is 163 Å². The van der Waals surface area contributed by atoms with Gasteiger partial charge in [-0.1, -0.05) is 17.7 Å². The van der Waals surface area contributed by atoms with Gasteiger partial charge >= 0.3 is 0 Å². The molecule has 1 aromatic carbocycles. The highest BCUT2D eigenvalue weighted by Crippen LogP contribution is 2.38. The van der Waals surface area contributed by atoms with Crippen molar-refractivity contribution in [2.24, 2.45) is 5.73 Å². The lowest BCUT2D eigenvalue weighted by molar-refractivity contribution is -0.112. The van der Waals surface area contributed by atoms with Crippen molar-refractivity contribution in [3.05, 3.63) is 40.6 Å². The maximum absolute atomic E-state index is 12.8. The second kappa shape index (κ2) is 7.36. The Morgan fingerprint density at radius 1 is 1.19 bits per heavy atom. The third kappa shape index (κ3) is 4.51. The van der Waals surface area contributed by atoms with E-state index < -0.39 is 0 Å². The molecule has 2 rings (SSSR count). The molecule has 0 saturated carbocycles. The van der Waals surface area contributed by atoms with E-state index in [0.29, 0.717) is 0 Å². The van der Waals surface area contributed by atoms with Crippen molar-refractivity contribution in [2.45, 2.75) is 78.4 Å². The Morgan fingerprint density at radius 3 is 2.11 bits per heavy atom. The molecule has 1 aliphatic rings. The fourth-order valence-corrected chi connectivity index (χ4v) is 4.55. The lowest BCUT2D eigenvalue weighted by Gasteiger charge is -2.54. The van der Waals surface area contributed by atoms with Gasteiger partial charge in [-0.25, -0.2) is 0 Å². The smallest absolute Gasteiger partial charge is 0.267 e. The van der Waals surface area contributed by atoms with E-state index in [2.05, 4.69) is 44.0 Å². The second-order valence-electron chi connectivity index (χ2n) is 9.05. The number of nitrogens with one attached hydrogen (secondary N) is 1. The van der Waals surface area contributed by atoms with Gasteiger partial charge in [0.2, 0.25) is 0 Å². The summed E-state index contributed by atoms with van der Waals surface area (Å²) in [5, 5.41) is 12.6. The van der Waals surface area contributed by atoms with Crippen LogP contribution in [0.3, 0.4) is 0 Å². The minimum Gasteiger partial charge on any atom is -0.366 e. The number of benzene rings is 1. The van der Waals surface area contributed by atoms with Gasteiger partial charge in [-0.05, 0) is 72.4 Å². The van der Waals surface area contributed by atoms with E-state index in [4.69, 9.17) is 5.73 Å². The van der Waals surface area contributed by atoms with E-state index in [9.17, 15) is 10.1 Å². The molecule has 0 aromatic heterocycles. The summed E-state index contributed by atoms with van der Waals surface area (Å²) in [4.78, 5) is 15.0. The standard InChI is InChI=1S/C22H32N4O/c1-14-8-15(2)19(16(3)9-14)25-20(27)17(12-23)13-26-21(4,5)10-18(24)11-22(26,6)7/h8-9,13,18H,10-11,24H2,1-7H3,(H,25,27)/b17-13-. The number of anilines is 1. The first kappa shape index (κ1) is 21.0. The van der Waals surface area contributed by atoms with Crippen molar-refractivity contribution in [3.63, 3.8) is 0 Å². The molecule has 146 valence electrons. The highest BCUT2D eigenvalue weighted by Gasteiger charge is 2.43. The number of rotatable bonds is 3. The number of hydrogen-bond donors (Lipinski definition) is 2. The number of carbonyl (C=O) groups excluding carboxylic acids is 1. The maximum atomic E-state index is 12.8. The van der Waals surface area contributed by atoms with Crippen LogP contribution in [0.4, 0.5) is 5.69 Å². The van der Waals surface area contributed by atoms with Crippen LogP contribution in [0, 0.1) is 32.1 Å². The van der Waals surface area contributed by atoms with Crippen LogP contribution < -0.4 is 11.1 Å². The Kier molecular flexibility index (Phi) is 5.72. The van der Waals surface area contributed by atoms with Gasteiger partial charge in [0, 0.05) is 29.0 Å². The van der Waals surface area contributed by atoms with E-state index >= 15 is 0 Å². The van der Waals surface area contributed by atoms with Gasteiger partial charge < -0.3 is 16.0 Å². The Hall–Kier alpha value is -2.32. The summed E-state index contributed by atoms with van der Waals surface area (Å²) in [6.07, 6.45) is 3.33. The molecular weight excluding hydrogens is 336 g/mol. The summed E-state index contributed by atoms with van der Waals surface area (Å²) in [6, 6.07) is 6.24. The monoisotopic (exact) mass is 368 g/mol. The molecule has 1 fully saturated rings. The highest BCUT2D eigenvalue weighted by molar-refractivity contribution is 6.07. The molecule has 0 spiro atoms. The minimum atomic E-state index is -0.381. The molecule has 5 nitrogen and oxygen atoms in total. The zero-order valence-corrected chi connectivity index (χ0v) is 17.6. The molecule has 1 aliphatic heterocycles. The summed E-state index contributed by atoms with van der Waals surface area (Å²) in [5.41, 5.74) is 9.75. The number of aryl methyl sites for hydroxylation is 3. The zero-order valence-electron chi connectivity index (χ0n) is 17.6. The number of amides is 1. The van der Waals surface area contributed by atoms with Gasteiger partial charge in [-0.15, -0.1) is 0 Å². The zero-order chi connectivity index (χ0) is 20.6. The second-order valence-corrected chi connectivity index (χ2v) is 9.05. The number of hydrogen-bond acceptors (Lipinski definition) is 4. The first-order valence-corrected chi connectivity index (χ1v) is 9.43. The number of nitriles is 1. The molecule has 0 bridgehead atoms. The predicted molar refractivity (Wildman–Crippen MR) is 110 cm³/mol. The predicted octanol–water partition coefficient (Wildman–Crippen LogP) is 3.94. The van der Waals surface area contributed by atoms with E-state index in [0.717, 1.165) is 35.2 Å². The van der Waals surface area contributed by atoms with E-state index in [1.807, 2.05) is 32.9 Å². The van der Waals surface area contributed by atoms with Crippen molar-refractivity contribution >= 4 is 11.6 Å². The number of piperidine rings is 1. The van der Waals surface area contributed by atoms with Crippen molar-refractivity contribution in [2.75, 3.05) is 5.32 Å². The molecular formula is C22H32N4O. The van der Waals surface area contributed by atoms with Gasteiger partial charge in [0.1, 0.15) is 11.6 Å². The third-order valence-corrected chi connectivity index (χ3v) is 5.37.